The number of carbonyl (C=O) groups is 1. The summed E-state index contributed by atoms with van der Waals surface area (Å²) in [4.78, 5) is 15.7. The van der Waals surface area contributed by atoms with Crippen molar-refractivity contribution in [3.8, 4) is 11.3 Å². The van der Waals surface area contributed by atoms with Crippen molar-refractivity contribution >= 4 is 30.1 Å². The number of nitrogens with one attached hydrogen (secondary N) is 1. The first kappa shape index (κ1) is 29.3. The van der Waals surface area contributed by atoms with Crippen LogP contribution in [0.5, 0.6) is 0 Å². The largest absolute Gasteiger partial charge is 0.478 e. The van der Waals surface area contributed by atoms with E-state index in [0.29, 0.717) is 34.3 Å². The maximum Gasteiger partial charge on any atom is 0.335 e. The third kappa shape index (κ3) is 6.52. The number of aliphatic imine (C=N–C) groups is 1. The fraction of sp³-hybridized carbons (Fsp3) is 0.433. The molecule has 218 valence electrons. The molecule has 1 heterocycles. The highest BCUT2D eigenvalue weighted by Crippen LogP contribution is 2.45. The van der Waals surface area contributed by atoms with Crippen molar-refractivity contribution < 1.29 is 32.3 Å². The highest BCUT2D eigenvalue weighted by molar-refractivity contribution is 7.99. The molecule has 3 atom stereocenters. The highest BCUT2D eigenvalue weighted by atomic mass is 32.2. The topological polar surface area (TPSA) is 97.0 Å². The van der Waals surface area contributed by atoms with Crippen LogP contribution in [0, 0.1) is 29.3 Å². The molecule has 3 aromatic rings. The Kier molecular flexibility index (Phi) is 9.16. The summed E-state index contributed by atoms with van der Waals surface area (Å²) >= 11 is 1.36. The monoisotopic (exact) mass is 587 g/mol. The molecule has 0 aliphatic heterocycles. The van der Waals surface area contributed by atoms with Crippen LogP contribution >= 0.6 is 11.8 Å². The first-order valence-corrected chi connectivity index (χ1v) is 14.6. The van der Waals surface area contributed by atoms with Crippen molar-refractivity contribution in [2.75, 3.05) is 19.3 Å². The lowest BCUT2D eigenvalue weighted by molar-refractivity contribution is -0.00901. The predicted molar refractivity (Wildman–Crippen MR) is 150 cm³/mol. The minimum atomic E-state index is -1.21. The molecule has 5 rings (SSSR count). The molecule has 0 spiro atoms. The molecule has 0 bridgehead atoms. The van der Waals surface area contributed by atoms with Gasteiger partial charge in [-0.25, -0.2) is 18.0 Å². The Labute approximate surface area is 240 Å². The van der Waals surface area contributed by atoms with Crippen LogP contribution in [0.3, 0.4) is 0 Å². The van der Waals surface area contributed by atoms with Gasteiger partial charge >= 0.3 is 5.97 Å². The molecule has 11 heteroatoms. The van der Waals surface area contributed by atoms with Gasteiger partial charge in [0.15, 0.2) is 5.82 Å². The van der Waals surface area contributed by atoms with Crippen molar-refractivity contribution in [3.63, 3.8) is 0 Å². The molecule has 2 N–H and O–H groups in total. The Morgan fingerprint density at radius 1 is 1.17 bits per heavy atom. The summed E-state index contributed by atoms with van der Waals surface area (Å²) in [5.74, 6) is -1.43. The quantitative estimate of drug-likeness (QED) is 0.174. The van der Waals surface area contributed by atoms with Gasteiger partial charge < -0.3 is 19.7 Å². The average Bonchev–Trinajstić information content (AvgIpc) is 3.71. The molecule has 0 amide bonds. The Bertz CT molecular complexity index is 1410. The molecule has 2 saturated carbocycles. The van der Waals surface area contributed by atoms with Gasteiger partial charge in [0.2, 0.25) is 0 Å². The summed E-state index contributed by atoms with van der Waals surface area (Å²) in [7, 11) is 1.90. The number of nitrogens with zero attached hydrogens (tertiary/aromatic N) is 2. The lowest BCUT2D eigenvalue weighted by Gasteiger charge is -2.36. The van der Waals surface area contributed by atoms with Crippen LogP contribution in [0.2, 0.25) is 0 Å². The van der Waals surface area contributed by atoms with E-state index in [2.05, 4.69) is 22.2 Å². The summed E-state index contributed by atoms with van der Waals surface area (Å²) < 4.78 is 55.8. The van der Waals surface area contributed by atoms with E-state index >= 15 is 0 Å². The van der Waals surface area contributed by atoms with E-state index in [0.717, 1.165) is 38.3 Å². The zero-order chi connectivity index (χ0) is 29.1. The Morgan fingerprint density at radius 2 is 1.93 bits per heavy atom. The van der Waals surface area contributed by atoms with Crippen LogP contribution < -0.4 is 5.32 Å². The molecular formula is C30H32F3N3O4S. The molecule has 2 fully saturated rings. The van der Waals surface area contributed by atoms with E-state index < -0.39 is 23.4 Å². The van der Waals surface area contributed by atoms with E-state index in [1.165, 1.54) is 36.0 Å². The zero-order valence-electron chi connectivity index (χ0n) is 22.7. The number of halogens is 3. The first-order valence-electron chi connectivity index (χ1n) is 13.7. The number of ether oxygens (including phenoxy) is 1. The molecular weight excluding hydrogens is 555 g/mol. The van der Waals surface area contributed by atoms with E-state index in [9.17, 15) is 23.1 Å². The third-order valence-electron chi connectivity index (χ3n) is 7.87. The van der Waals surface area contributed by atoms with Gasteiger partial charge in [-0.1, -0.05) is 11.2 Å². The number of aromatic nitrogens is 1. The summed E-state index contributed by atoms with van der Waals surface area (Å²) in [6.45, 7) is 4.36. The highest BCUT2D eigenvalue weighted by Gasteiger charge is 2.35. The predicted octanol–water partition coefficient (Wildman–Crippen LogP) is 6.98. The van der Waals surface area contributed by atoms with Crippen LogP contribution in [0.15, 0.2) is 44.7 Å². The third-order valence-corrected chi connectivity index (χ3v) is 9.09. The normalized spacial score (nSPS) is 20.7. The summed E-state index contributed by atoms with van der Waals surface area (Å²) in [5.41, 5.74) is 0.417. The lowest BCUT2D eigenvalue weighted by atomic mass is 9.78. The molecule has 2 aromatic carbocycles. The second kappa shape index (κ2) is 12.8. The number of benzene rings is 2. The van der Waals surface area contributed by atoms with E-state index in [4.69, 9.17) is 9.26 Å². The number of aromatic carboxylic acids is 1. The summed E-state index contributed by atoms with van der Waals surface area (Å²) in [6.07, 6.45) is 4.16. The minimum absolute atomic E-state index is 0.0433. The molecule has 2 aliphatic carbocycles. The molecule has 7 nitrogen and oxygen atoms in total. The minimum Gasteiger partial charge on any atom is -0.478 e. The van der Waals surface area contributed by atoms with E-state index in [-0.39, 0.29) is 47.1 Å². The maximum absolute atomic E-state index is 14.6. The SMILES string of the molecule is C=Nc1c(F)cc(C(=O)O)cc1SCC1CC(OCc2c(-c3c(F)cccc3F)noc2C2CC2)CCC1CNC. The fourth-order valence-corrected chi connectivity index (χ4v) is 6.89. The number of rotatable bonds is 12. The van der Waals surface area contributed by atoms with Crippen LogP contribution in [0.1, 0.15) is 59.7 Å². The number of carboxylic acids is 1. The average molecular weight is 588 g/mol. The van der Waals surface area contributed by atoms with Crippen molar-refractivity contribution in [1.82, 2.24) is 10.5 Å². The summed E-state index contributed by atoms with van der Waals surface area (Å²) in [5, 5.41) is 16.7. The molecule has 3 unspecified atom stereocenters. The Balaban J connectivity index is 1.32. The first-order chi connectivity index (χ1) is 19.8. The van der Waals surface area contributed by atoms with Crippen LogP contribution in [0.25, 0.3) is 11.3 Å². The smallest absolute Gasteiger partial charge is 0.335 e. The van der Waals surface area contributed by atoms with Crippen LogP contribution in [0.4, 0.5) is 18.9 Å². The van der Waals surface area contributed by atoms with Crippen molar-refractivity contribution in [1.29, 1.82) is 0 Å². The fourth-order valence-electron chi connectivity index (χ4n) is 5.58. The second-order valence-corrected chi connectivity index (χ2v) is 11.7. The zero-order valence-corrected chi connectivity index (χ0v) is 23.5. The maximum atomic E-state index is 14.6. The van der Waals surface area contributed by atoms with Gasteiger partial charge in [-0.2, -0.15) is 0 Å². The number of carboxylic acid groups (broad SMARTS) is 1. The standard InChI is InChI=1S/C30H32F3N3O4S/c1-34-13-17-8-9-20(10-19(17)15-41-25-12-18(30(37)38)11-24(33)28(25)35-2)39-14-21-27(36-40-29(21)16-6-7-16)26-22(31)4-3-5-23(26)32/h3-5,11-12,16-17,19-20,34H,2,6-10,13-15H2,1H3,(H,37,38). The lowest BCUT2D eigenvalue weighted by Crippen LogP contribution is -2.36. The van der Waals surface area contributed by atoms with Crippen molar-refractivity contribution in [3.05, 3.63) is 64.7 Å². The molecule has 2 aliphatic rings. The molecule has 0 radical (unpaired) electrons. The number of hydrogen-bond donors (Lipinski definition) is 2. The van der Waals surface area contributed by atoms with Crippen LogP contribution in [-0.4, -0.2) is 48.4 Å². The van der Waals surface area contributed by atoms with Gasteiger partial charge in [0.05, 0.1) is 23.8 Å². The van der Waals surface area contributed by atoms with Gasteiger partial charge in [0.1, 0.15) is 28.8 Å². The number of thioether (sulfide) groups is 1. The molecule has 1 aromatic heterocycles. The molecule has 41 heavy (non-hydrogen) atoms. The molecule has 0 saturated heterocycles. The van der Waals surface area contributed by atoms with E-state index in [1.807, 2.05) is 7.05 Å². The van der Waals surface area contributed by atoms with Gasteiger partial charge in [-0.15, -0.1) is 11.8 Å². The Morgan fingerprint density at radius 3 is 2.59 bits per heavy atom. The van der Waals surface area contributed by atoms with Gasteiger partial charge in [0.25, 0.3) is 0 Å². The summed E-state index contributed by atoms with van der Waals surface area (Å²) in [6, 6.07) is 6.09. The van der Waals surface area contributed by atoms with E-state index in [1.54, 1.807) is 0 Å². The van der Waals surface area contributed by atoms with Crippen LogP contribution in [-0.2, 0) is 11.3 Å². The van der Waals surface area contributed by atoms with Gasteiger partial charge in [-0.05, 0) is 88.5 Å². The second-order valence-electron chi connectivity index (χ2n) is 10.6. The van der Waals surface area contributed by atoms with Crippen molar-refractivity contribution in [2.24, 2.45) is 16.8 Å². The number of hydrogen-bond acceptors (Lipinski definition) is 7. The van der Waals surface area contributed by atoms with Gasteiger partial charge in [-0.3, -0.25) is 4.99 Å². The van der Waals surface area contributed by atoms with Crippen molar-refractivity contribution in [2.45, 2.75) is 55.6 Å². The Hall–Kier alpha value is -3.15. The van der Waals surface area contributed by atoms with Gasteiger partial charge in [0, 0.05) is 22.1 Å².